The summed E-state index contributed by atoms with van der Waals surface area (Å²) in [4.78, 5) is 13.8. The molecule has 1 aliphatic rings. The van der Waals surface area contributed by atoms with E-state index < -0.39 is 0 Å². The number of benzene rings is 1. The van der Waals surface area contributed by atoms with E-state index in [-0.39, 0.29) is 11.2 Å². The summed E-state index contributed by atoms with van der Waals surface area (Å²) in [5, 5.41) is -0.0831. The summed E-state index contributed by atoms with van der Waals surface area (Å²) in [6, 6.07) is 6.03. The maximum atomic E-state index is 12.2. The van der Waals surface area contributed by atoms with Crippen LogP contribution >= 0.6 is 24.0 Å². The second-order valence-corrected chi connectivity index (χ2v) is 6.30. The number of carbonyl (C=O) groups excluding carboxylic acids is 1. The van der Waals surface area contributed by atoms with Gasteiger partial charge < -0.3 is 4.74 Å². The Balaban J connectivity index is 2.12. The van der Waals surface area contributed by atoms with Gasteiger partial charge in [0.15, 0.2) is 0 Å². The summed E-state index contributed by atoms with van der Waals surface area (Å²) in [7, 11) is 1.66. The Kier molecular flexibility index (Phi) is 4.47. The van der Waals surface area contributed by atoms with Gasteiger partial charge in [0.25, 0.3) is 0 Å². The fourth-order valence-electron chi connectivity index (χ4n) is 2.20. The lowest BCUT2D eigenvalue weighted by atomic mass is 10.1. The number of amides is 1. The van der Waals surface area contributed by atoms with Gasteiger partial charge in [0.05, 0.1) is 12.4 Å². The van der Waals surface area contributed by atoms with Crippen LogP contribution in [0.1, 0.15) is 18.1 Å². The molecule has 0 unspecified atom stereocenters. The number of thioether (sulfide) groups is 1. The normalized spacial score (nSPS) is 19.1. The van der Waals surface area contributed by atoms with Crippen molar-refractivity contribution in [1.82, 2.24) is 4.90 Å². The van der Waals surface area contributed by atoms with Gasteiger partial charge in [-0.25, -0.2) is 0 Å². The molecule has 1 aromatic rings. The molecule has 0 saturated carbocycles. The second kappa shape index (κ2) is 5.92. The highest BCUT2D eigenvalue weighted by Crippen LogP contribution is 2.30. The second-order valence-electron chi connectivity index (χ2n) is 4.46. The van der Waals surface area contributed by atoms with Crippen LogP contribution in [0, 0.1) is 6.92 Å². The van der Waals surface area contributed by atoms with E-state index in [0.717, 1.165) is 16.9 Å². The van der Waals surface area contributed by atoms with Crippen LogP contribution in [0.2, 0.25) is 0 Å². The number of hydrogen-bond donors (Lipinski definition) is 0. The molecule has 0 bridgehead atoms. The van der Waals surface area contributed by atoms with Gasteiger partial charge in [0, 0.05) is 6.54 Å². The molecule has 5 heteroatoms. The minimum atomic E-state index is -0.0831. The molecule has 1 atom stereocenters. The Morgan fingerprint density at radius 3 is 2.74 bits per heavy atom. The van der Waals surface area contributed by atoms with Crippen molar-refractivity contribution in [2.75, 3.05) is 13.7 Å². The van der Waals surface area contributed by atoms with E-state index in [1.54, 1.807) is 12.0 Å². The van der Waals surface area contributed by atoms with E-state index in [1.165, 1.54) is 11.8 Å². The Morgan fingerprint density at radius 2 is 2.21 bits per heavy atom. The molecule has 0 spiro atoms. The van der Waals surface area contributed by atoms with Gasteiger partial charge in [-0.15, -0.1) is 0 Å². The highest BCUT2D eigenvalue weighted by atomic mass is 32.2. The first-order chi connectivity index (χ1) is 9.06. The summed E-state index contributed by atoms with van der Waals surface area (Å²) in [6.45, 7) is 4.61. The van der Waals surface area contributed by atoms with Crippen molar-refractivity contribution in [1.29, 1.82) is 0 Å². The standard InChI is InChI=1S/C14H17NO2S2/c1-4-15-13(16)12(19-14(15)18)8-10-5-6-11(17-3)9(2)7-10/h5-7,12H,4,8H2,1-3H3/t12-/m1/s1. The van der Waals surface area contributed by atoms with Crippen LogP contribution in [0.4, 0.5) is 0 Å². The average molecular weight is 295 g/mol. The zero-order chi connectivity index (χ0) is 14.0. The van der Waals surface area contributed by atoms with Gasteiger partial charge in [0.1, 0.15) is 10.1 Å². The molecule has 1 fully saturated rings. The number of nitrogens with zero attached hydrogens (tertiary/aromatic N) is 1. The molecule has 0 radical (unpaired) electrons. The number of thiocarbonyl (C=S) groups is 1. The molecule has 0 aromatic heterocycles. The minimum absolute atomic E-state index is 0.0831. The summed E-state index contributed by atoms with van der Waals surface area (Å²) in [6.07, 6.45) is 0.713. The van der Waals surface area contributed by atoms with E-state index in [4.69, 9.17) is 17.0 Å². The first kappa shape index (κ1) is 14.3. The molecular weight excluding hydrogens is 278 g/mol. The van der Waals surface area contributed by atoms with Crippen LogP contribution in [-0.4, -0.2) is 34.0 Å². The van der Waals surface area contributed by atoms with Crippen molar-refractivity contribution < 1.29 is 9.53 Å². The monoisotopic (exact) mass is 295 g/mol. The van der Waals surface area contributed by atoms with Gasteiger partial charge in [0.2, 0.25) is 5.91 Å². The largest absolute Gasteiger partial charge is 0.496 e. The van der Waals surface area contributed by atoms with Crippen molar-refractivity contribution in [2.24, 2.45) is 0 Å². The predicted molar refractivity (Wildman–Crippen MR) is 82.8 cm³/mol. The molecule has 1 heterocycles. The van der Waals surface area contributed by atoms with Crippen molar-refractivity contribution >= 4 is 34.2 Å². The molecule has 1 aliphatic heterocycles. The molecule has 0 aliphatic carbocycles. The summed E-state index contributed by atoms with van der Waals surface area (Å²) < 4.78 is 5.94. The first-order valence-electron chi connectivity index (χ1n) is 6.22. The third kappa shape index (κ3) is 2.92. The number of carbonyl (C=O) groups is 1. The molecule has 3 nitrogen and oxygen atoms in total. The summed E-state index contributed by atoms with van der Waals surface area (Å²) in [5.74, 6) is 1.01. The number of hydrogen-bond acceptors (Lipinski definition) is 4. The van der Waals surface area contributed by atoms with E-state index in [2.05, 4.69) is 6.07 Å². The highest BCUT2D eigenvalue weighted by molar-refractivity contribution is 8.24. The Bertz CT molecular complexity index is 516. The first-order valence-corrected chi connectivity index (χ1v) is 7.51. The van der Waals surface area contributed by atoms with Gasteiger partial charge >= 0.3 is 0 Å². The van der Waals surface area contributed by atoms with Gasteiger partial charge in [-0.2, -0.15) is 0 Å². The van der Waals surface area contributed by atoms with Crippen LogP contribution in [0.15, 0.2) is 18.2 Å². The molecule has 102 valence electrons. The van der Waals surface area contributed by atoms with E-state index in [0.29, 0.717) is 17.3 Å². The highest BCUT2D eigenvalue weighted by Gasteiger charge is 2.35. The molecule has 1 aromatic carbocycles. The number of methoxy groups -OCH3 is 1. The maximum absolute atomic E-state index is 12.2. The molecule has 1 amide bonds. The van der Waals surface area contributed by atoms with Crippen molar-refractivity contribution in [2.45, 2.75) is 25.5 Å². The predicted octanol–water partition coefficient (Wildman–Crippen LogP) is 2.79. The van der Waals surface area contributed by atoms with Crippen LogP contribution in [-0.2, 0) is 11.2 Å². The SMILES string of the molecule is CCN1C(=O)[C@@H](Cc2ccc(OC)c(C)c2)SC1=S. The van der Waals surface area contributed by atoms with Crippen LogP contribution < -0.4 is 4.74 Å². The minimum Gasteiger partial charge on any atom is -0.496 e. The Morgan fingerprint density at radius 1 is 1.47 bits per heavy atom. The Labute approximate surface area is 123 Å². The molecule has 19 heavy (non-hydrogen) atoms. The van der Waals surface area contributed by atoms with Crippen LogP contribution in [0.25, 0.3) is 0 Å². The maximum Gasteiger partial charge on any atom is 0.241 e. The zero-order valence-corrected chi connectivity index (χ0v) is 12.9. The fraction of sp³-hybridized carbons (Fsp3) is 0.429. The van der Waals surface area contributed by atoms with Crippen molar-refractivity contribution in [3.63, 3.8) is 0 Å². The third-order valence-electron chi connectivity index (χ3n) is 3.20. The average Bonchev–Trinajstić information content (AvgIpc) is 2.64. The lowest BCUT2D eigenvalue weighted by Crippen LogP contribution is -2.31. The number of aryl methyl sites for hydroxylation is 1. The molecule has 0 N–H and O–H groups in total. The summed E-state index contributed by atoms with van der Waals surface area (Å²) >= 11 is 6.72. The summed E-state index contributed by atoms with van der Waals surface area (Å²) in [5.41, 5.74) is 2.23. The van der Waals surface area contributed by atoms with Crippen LogP contribution in [0.3, 0.4) is 0 Å². The zero-order valence-electron chi connectivity index (χ0n) is 11.3. The molecule has 1 saturated heterocycles. The lowest BCUT2D eigenvalue weighted by Gasteiger charge is -2.12. The topological polar surface area (TPSA) is 29.5 Å². The lowest BCUT2D eigenvalue weighted by molar-refractivity contribution is -0.125. The van der Waals surface area contributed by atoms with Gasteiger partial charge in [-0.3, -0.25) is 9.69 Å². The third-order valence-corrected chi connectivity index (χ3v) is 4.79. The fourth-order valence-corrected chi connectivity index (χ4v) is 3.86. The quantitative estimate of drug-likeness (QED) is 0.799. The Hall–Kier alpha value is -1.07. The molecule has 2 rings (SSSR count). The number of rotatable bonds is 4. The van der Waals surface area contributed by atoms with E-state index in [1.807, 2.05) is 26.0 Å². The number of ether oxygens (including phenoxy) is 1. The van der Waals surface area contributed by atoms with Gasteiger partial charge in [-0.1, -0.05) is 36.1 Å². The van der Waals surface area contributed by atoms with Crippen LogP contribution in [0.5, 0.6) is 5.75 Å². The van der Waals surface area contributed by atoms with Crippen molar-refractivity contribution in [3.05, 3.63) is 29.3 Å². The van der Waals surface area contributed by atoms with E-state index >= 15 is 0 Å². The van der Waals surface area contributed by atoms with Gasteiger partial charge in [-0.05, 0) is 37.5 Å². The van der Waals surface area contributed by atoms with Crippen molar-refractivity contribution in [3.8, 4) is 5.75 Å². The smallest absolute Gasteiger partial charge is 0.241 e. The molecular formula is C14H17NO2S2. The van der Waals surface area contributed by atoms with E-state index in [9.17, 15) is 4.79 Å².